The number of nitriles is 1. The van der Waals surface area contributed by atoms with Gasteiger partial charge >= 0.3 is 6.09 Å². The van der Waals surface area contributed by atoms with Crippen LogP contribution >= 0.6 is 0 Å². The molecule has 5 nitrogen and oxygen atoms in total. The van der Waals surface area contributed by atoms with Crippen molar-refractivity contribution < 1.29 is 9.90 Å². The fraction of sp³-hybridized carbons (Fsp3) is 0.300. The number of likely N-dealkylation sites (tertiary alicyclic amines) is 1. The van der Waals surface area contributed by atoms with Crippen molar-refractivity contribution in [3.8, 4) is 17.2 Å². The standard InChI is InChI=1S/C20H21N3O2/c1-22-11-5-8-17(22)14-23(20(24)25)19-10-3-2-9-18(19)16-7-4-6-15(12-16)13-21/h2-4,6-7,9-10,12,17H,5,8,11,14H2,1H3,(H,24,25)/t17-/m0/s1. The van der Waals surface area contributed by atoms with Crippen LogP contribution in [-0.4, -0.2) is 42.3 Å². The van der Waals surface area contributed by atoms with E-state index in [0.717, 1.165) is 30.5 Å². The maximum Gasteiger partial charge on any atom is 0.411 e. The van der Waals surface area contributed by atoms with Gasteiger partial charge < -0.3 is 10.0 Å². The molecule has 0 aliphatic carbocycles. The summed E-state index contributed by atoms with van der Waals surface area (Å²) in [6.07, 6.45) is 1.15. The van der Waals surface area contributed by atoms with Crippen LogP contribution in [-0.2, 0) is 0 Å². The molecule has 1 aliphatic rings. The number of carbonyl (C=O) groups is 1. The van der Waals surface area contributed by atoms with Gasteiger partial charge in [-0.05, 0) is 50.2 Å². The van der Waals surface area contributed by atoms with E-state index in [9.17, 15) is 9.90 Å². The highest BCUT2D eigenvalue weighted by Gasteiger charge is 2.27. The lowest BCUT2D eigenvalue weighted by atomic mass is 10.0. The smallest absolute Gasteiger partial charge is 0.411 e. The average molecular weight is 335 g/mol. The van der Waals surface area contributed by atoms with Gasteiger partial charge in [0, 0.05) is 18.2 Å². The van der Waals surface area contributed by atoms with E-state index in [1.54, 1.807) is 12.1 Å². The Morgan fingerprint density at radius 3 is 2.80 bits per heavy atom. The van der Waals surface area contributed by atoms with E-state index in [0.29, 0.717) is 17.8 Å². The number of anilines is 1. The maximum atomic E-state index is 12.0. The van der Waals surface area contributed by atoms with Gasteiger partial charge in [0.15, 0.2) is 0 Å². The van der Waals surface area contributed by atoms with Crippen LogP contribution in [0.25, 0.3) is 11.1 Å². The van der Waals surface area contributed by atoms with E-state index in [1.807, 2.05) is 43.4 Å². The Morgan fingerprint density at radius 2 is 2.12 bits per heavy atom. The molecule has 0 unspecified atom stereocenters. The molecule has 3 rings (SSSR count). The lowest BCUT2D eigenvalue weighted by Gasteiger charge is -2.28. The number of hydrogen-bond donors (Lipinski definition) is 1. The number of carboxylic acid groups (broad SMARTS) is 1. The molecule has 1 aliphatic heterocycles. The zero-order chi connectivity index (χ0) is 17.8. The minimum absolute atomic E-state index is 0.231. The van der Waals surface area contributed by atoms with E-state index in [-0.39, 0.29) is 6.04 Å². The van der Waals surface area contributed by atoms with Gasteiger partial charge in [-0.2, -0.15) is 5.26 Å². The Morgan fingerprint density at radius 1 is 1.32 bits per heavy atom. The lowest BCUT2D eigenvalue weighted by molar-refractivity contribution is 0.198. The molecule has 1 fully saturated rings. The number of hydrogen-bond acceptors (Lipinski definition) is 3. The average Bonchev–Trinajstić information content (AvgIpc) is 3.04. The van der Waals surface area contributed by atoms with Crippen molar-refractivity contribution in [2.75, 3.05) is 25.0 Å². The summed E-state index contributed by atoms with van der Waals surface area (Å²) >= 11 is 0. The molecular formula is C20H21N3O2. The quantitative estimate of drug-likeness (QED) is 0.923. The number of nitrogens with zero attached hydrogens (tertiary/aromatic N) is 3. The molecule has 1 amide bonds. The van der Waals surface area contributed by atoms with Gasteiger partial charge in [0.2, 0.25) is 0 Å². The van der Waals surface area contributed by atoms with Crippen LogP contribution in [0.3, 0.4) is 0 Å². The topological polar surface area (TPSA) is 67.6 Å². The molecule has 0 bridgehead atoms. The normalized spacial score (nSPS) is 17.2. The first-order valence-corrected chi connectivity index (χ1v) is 8.40. The SMILES string of the molecule is CN1CCC[C@H]1CN(C(=O)O)c1ccccc1-c1cccc(C#N)c1. The minimum Gasteiger partial charge on any atom is -0.465 e. The number of para-hydroxylation sites is 1. The van der Waals surface area contributed by atoms with E-state index in [4.69, 9.17) is 5.26 Å². The summed E-state index contributed by atoms with van der Waals surface area (Å²) in [5.41, 5.74) is 2.89. The van der Waals surface area contributed by atoms with Crippen molar-refractivity contribution in [2.45, 2.75) is 18.9 Å². The minimum atomic E-state index is -0.954. The van der Waals surface area contributed by atoms with E-state index in [2.05, 4.69) is 11.0 Å². The zero-order valence-corrected chi connectivity index (χ0v) is 14.2. The summed E-state index contributed by atoms with van der Waals surface area (Å²) in [4.78, 5) is 15.6. The summed E-state index contributed by atoms with van der Waals surface area (Å²) in [7, 11) is 2.04. The van der Waals surface area contributed by atoms with Gasteiger partial charge in [-0.1, -0.05) is 30.3 Å². The molecule has 0 saturated carbocycles. The van der Waals surface area contributed by atoms with Crippen LogP contribution in [0.4, 0.5) is 10.5 Å². The Bertz CT molecular complexity index is 813. The molecule has 1 atom stereocenters. The van der Waals surface area contributed by atoms with Crippen LogP contribution in [0.1, 0.15) is 18.4 Å². The molecule has 128 valence electrons. The van der Waals surface area contributed by atoms with Crippen LogP contribution < -0.4 is 4.90 Å². The van der Waals surface area contributed by atoms with E-state index in [1.165, 1.54) is 4.90 Å². The highest BCUT2D eigenvalue weighted by atomic mass is 16.4. The highest BCUT2D eigenvalue weighted by molar-refractivity contribution is 5.93. The van der Waals surface area contributed by atoms with Crippen molar-refractivity contribution in [2.24, 2.45) is 0 Å². The first-order chi connectivity index (χ1) is 12.1. The summed E-state index contributed by atoms with van der Waals surface area (Å²) in [6, 6.07) is 17.1. The van der Waals surface area contributed by atoms with Crippen molar-refractivity contribution >= 4 is 11.8 Å². The Kier molecular flexibility index (Phi) is 5.01. The van der Waals surface area contributed by atoms with Crippen LogP contribution in [0.15, 0.2) is 48.5 Å². The largest absolute Gasteiger partial charge is 0.465 e. The van der Waals surface area contributed by atoms with Gasteiger partial charge in [0.05, 0.1) is 17.3 Å². The number of likely N-dealkylation sites (N-methyl/N-ethyl adjacent to an activating group) is 1. The molecule has 1 N–H and O–H groups in total. The van der Waals surface area contributed by atoms with Gasteiger partial charge in [-0.15, -0.1) is 0 Å². The van der Waals surface area contributed by atoms with Crippen LogP contribution in [0.5, 0.6) is 0 Å². The van der Waals surface area contributed by atoms with Gasteiger partial charge in [0.25, 0.3) is 0 Å². The predicted octanol–water partition coefficient (Wildman–Crippen LogP) is 3.80. The fourth-order valence-electron chi connectivity index (χ4n) is 3.41. The highest BCUT2D eigenvalue weighted by Crippen LogP contribution is 2.32. The van der Waals surface area contributed by atoms with Crippen molar-refractivity contribution in [3.63, 3.8) is 0 Å². The molecule has 1 heterocycles. The Hall–Kier alpha value is -2.84. The summed E-state index contributed by atoms with van der Waals surface area (Å²) < 4.78 is 0. The first-order valence-electron chi connectivity index (χ1n) is 8.40. The third-order valence-electron chi connectivity index (χ3n) is 4.79. The van der Waals surface area contributed by atoms with Gasteiger partial charge in [-0.25, -0.2) is 4.79 Å². The zero-order valence-electron chi connectivity index (χ0n) is 14.2. The second kappa shape index (κ2) is 7.37. The molecule has 0 spiro atoms. The molecule has 1 saturated heterocycles. The van der Waals surface area contributed by atoms with Crippen molar-refractivity contribution in [1.82, 2.24) is 4.90 Å². The van der Waals surface area contributed by atoms with E-state index < -0.39 is 6.09 Å². The second-order valence-electron chi connectivity index (χ2n) is 6.38. The summed E-state index contributed by atoms with van der Waals surface area (Å²) in [5.74, 6) is 0. The fourth-order valence-corrected chi connectivity index (χ4v) is 3.41. The molecule has 25 heavy (non-hydrogen) atoms. The van der Waals surface area contributed by atoms with Crippen molar-refractivity contribution in [3.05, 3.63) is 54.1 Å². The number of amides is 1. The van der Waals surface area contributed by atoms with Crippen molar-refractivity contribution in [1.29, 1.82) is 5.26 Å². The molecule has 2 aromatic rings. The molecule has 0 radical (unpaired) electrons. The molecular weight excluding hydrogens is 314 g/mol. The Labute approximate surface area is 147 Å². The van der Waals surface area contributed by atoms with Gasteiger partial charge in [0.1, 0.15) is 0 Å². The third kappa shape index (κ3) is 3.65. The molecule has 0 aromatic heterocycles. The van der Waals surface area contributed by atoms with Crippen LogP contribution in [0, 0.1) is 11.3 Å². The maximum absolute atomic E-state index is 12.0. The molecule has 2 aromatic carbocycles. The van der Waals surface area contributed by atoms with Gasteiger partial charge in [-0.3, -0.25) is 4.90 Å². The second-order valence-corrected chi connectivity index (χ2v) is 6.38. The lowest BCUT2D eigenvalue weighted by Crippen LogP contribution is -2.41. The Balaban J connectivity index is 1.99. The number of rotatable bonds is 4. The number of benzene rings is 2. The summed E-state index contributed by atoms with van der Waals surface area (Å²) in [6.45, 7) is 1.45. The predicted molar refractivity (Wildman–Crippen MR) is 97.6 cm³/mol. The third-order valence-corrected chi connectivity index (χ3v) is 4.79. The van der Waals surface area contributed by atoms with E-state index >= 15 is 0 Å². The van der Waals surface area contributed by atoms with Crippen LogP contribution in [0.2, 0.25) is 0 Å². The monoisotopic (exact) mass is 335 g/mol. The summed E-state index contributed by atoms with van der Waals surface area (Å²) in [5, 5.41) is 18.9. The first kappa shape index (κ1) is 17.0. The molecule has 5 heteroatoms.